The molecule has 0 aromatic heterocycles. The maximum absolute atomic E-state index is 13.1. The predicted octanol–water partition coefficient (Wildman–Crippen LogP) is 2.89. The number of rotatable bonds is 6. The van der Waals surface area contributed by atoms with Crippen LogP contribution in [-0.2, 0) is 22.2 Å². The second-order valence-corrected chi connectivity index (χ2v) is 5.71. The average Bonchev–Trinajstić information content (AvgIpc) is 2.53. The number of carbonyl (C=O) groups is 2. The Morgan fingerprint density at radius 2 is 1.56 bits per heavy atom. The van der Waals surface area contributed by atoms with E-state index in [1.807, 2.05) is 0 Å². The van der Waals surface area contributed by atoms with Crippen molar-refractivity contribution in [2.45, 2.75) is 19.0 Å². The summed E-state index contributed by atoms with van der Waals surface area (Å²) >= 11 is 0. The predicted molar refractivity (Wildman–Crippen MR) is 87.1 cm³/mol. The van der Waals surface area contributed by atoms with Crippen LogP contribution in [0.3, 0.4) is 0 Å². The van der Waals surface area contributed by atoms with Gasteiger partial charge in [0.25, 0.3) is 0 Å². The van der Waals surface area contributed by atoms with E-state index >= 15 is 0 Å². The minimum Gasteiger partial charge on any atom is -0.370 e. The third-order valence-electron chi connectivity index (χ3n) is 3.83. The number of hydrogen-bond donors (Lipinski definition) is 2. The zero-order valence-electron chi connectivity index (χ0n) is 13.2. The fourth-order valence-corrected chi connectivity index (χ4v) is 2.60. The quantitative estimate of drug-likeness (QED) is 0.839. The summed E-state index contributed by atoms with van der Waals surface area (Å²) in [5.74, 6) is -2.03. The van der Waals surface area contributed by atoms with Gasteiger partial charge in [-0.2, -0.15) is 13.2 Å². The van der Waals surface area contributed by atoms with E-state index < -0.39 is 29.5 Å². The molecule has 25 heavy (non-hydrogen) atoms. The second kappa shape index (κ2) is 7.38. The molecular weight excluding hydrogens is 333 g/mol. The summed E-state index contributed by atoms with van der Waals surface area (Å²) < 4.78 is 39.3. The lowest BCUT2D eigenvalue weighted by Crippen LogP contribution is -2.29. The number of nitrogens with two attached hydrogens (primary N) is 2. The Labute approximate surface area is 142 Å². The minimum atomic E-state index is -4.45. The molecule has 0 spiro atoms. The topological polar surface area (TPSA) is 86.2 Å². The van der Waals surface area contributed by atoms with Crippen molar-refractivity contribution in [3.05, 3.63) is 59.7 Å². The van der Waals surface area contributed by atoms with E-state index in [-0.39, 0.29) is 18.4 Å². The normalized spacial score (nSPS) is 12.6. The molecule has 2 aromatic carbocycles. The van der Waals surface area contributed by atoms with Gasteiger partial charge in [-0.05, 0) is 29.2 Å². The van der Waals surface area contributed by atoms with Crippen molar-refractivity contribution in [2.24, 2.45) is 17.4 Å². The summed E-state index contributed by atoms with van der Waals surface area (Å²) in [7, 11) is 0. The molecule has 132 valence electrons. The van der Waals surface area contributed by atoms with Gasteiger partial charge in [0.05, 0.1) is 11.5 Å². The standard InChI is InChI=1S/C18H17F3N2O2/c19-18(20,21)15-4-2-1-3-14(15)12-7-5-11(6-8-12)9-13(17(23)25)10-16(22)24/h1-8,13H,9-10H2,(H2,22,24)(H2,23,25)/t13-/m1/s1. The molecule has 0 bridgehead atoms. The van der Waals surface area contributed by atoms with Gasteiger partial charge in [0.2, 0.25) is 11.8 Å². The number of alkyl halides is 3. The first-order valence-corrected chi connectivity index (χ1v) is 7.51. The first kappa shape index (κ1) is 18.5. The van der Waals surface area contributed by atoms with Crippen molar-refractivity contribution in [1.29, 1.82) is 0 Å². The zero-order chi connectivity index (χ0) is 18.6. The van der Waals surface area contributed by atoms with Crippen LogP contribution < -0.4 is 11.5 Å². The fraction of sp³-hybridized carbons (Fsp3) is 0.222. The second-order valence-electron chi connectivity index (χ2n) is 5.71. The highest BCUT2D eigenvalue weighted by atomic mass is 19.4. The number of benzene rings is 2. The lowest BCUT2D eigenvalue weighted by molar-refractivity contribution is -0.137. The van der Waals surface area contributed by atoms with Crippen LogP contribution in [0.2, 0.25) is 0 Å². The molecule has 0 radical (unpaired) electrons. The van der Waals surface area contributed by atoms with E-state index in [1.54, 1.807) is 24.3 Å². The van der Waals surface area contributed by atoms with Crippen LogP contribution in [0.4, 0.5) is 13.2 Å². The highest BCUT2D eigenvalue weighted by Gasteiger charge is 2.33. The monoisotopic (exact) mass is 350 g/mol. The molecule has 0 fully saturated rings. The summed E-state index contributed by atoms with van der Waals surface area (Å²) in [6, 6.07) is 11.6. The largest absolute Gasteiger partial charge is 0.417 e. The number of amides is 2. The Balaban J connectivity index is 2.26. The molecule has 4 nitrogen and oxygen atoms in total. The van der Waals surface area contributed by atoms with Crippen molar-refractivity contribution in [1.82, 2.24) is 0 Å². The molecule has 0 unspecified atom stereocenters. The molecule has 0 saturated heterocycles. The van der Waals surface area contributed by atoms with Crippen molar-refractivity contribution < 1.29 is 22.8 Å². The summed E-state index contributed by atoms with van der Waals surface area (Å²) in [5.41, 5.74) is 10.8. The number of primary amides is 2. The lowest BCUT2D eigenvalue weighted by Gasteiger charge is -2.14. The van der Waals surface area contributed by atoms with E-state index in [0.717, 1.165) is 6.07 Å². The molecule has 2 amide bonds. The highest BCUT2D eigenvalue weighted by molar-refractivity contribution is 5.84. The van der Waals surface area contributed by atoms with Gasteiger partial charge < -0.3 is 11.5 Å². The minimum absolute atomic E-state index is 0.0742. The average molecular weight is 350 g/mol. The van der Waals surface area contributed by atoms with Crippen LogP contribution in [0.25, 0.3) is 11.1 Å². The Morgan fingerprint density at radius 1 is 0.960 bits per heavy atom. The van der Waals surface area contributed by atoms with Gasteiger partial charge in [-0.25, -0.2) is 0 Å². The molecule has 7 heteroatoms. The highest BCUT2D eigenvalue weighted by Crippen LogP contribution is 2.36. The first-order chi connectivity index (χ1) is 11.7. The van der Waals surface area contributed by atoms with Gasteiger partial charge in [0.15, 0.2) is 0 Å². The molecule has 2 aromatic rings. The third-order valence-corrected chi connectivity index (χ3v) is 3.83. The van der Waals surface area contributed by atoms with Crippen molar-refractivity contribution >= 4 is 11.8 Å². The summed E-state index contributed by atoms with van der Waals surface area (Å²) in [4.78, 5) is 22.4. The summed E-state index contributed by atoms with van der Waals surface area (Å²) in [6.45, 7) is 0. The first-order valence-electron chi connectivity index (χ1n) is 7.51. The van der Waals surface area contributed by atoms with Crippen LogP contribution in [0.15, 0.2) is 48.5 Å². The van der Waals surface area contributed by atoms with Crippen molar-refractivity contribution in [2.75, 3.05) is 0 Å². The van der Waals surface area contributed by atoms with E-state index in [9.17, 15) is 22.8 Å². The lowest BCUT2D eigenvalue weighted by atomic mass is 9.93. The van der Waals surface area contributed by atoms with Crippen LogP contribution >= 0.6 is 0 Å². The molecule has 0 aliphatic rings. The van der Waals surface area contributed by atoms with Gasteiger partial charge in [-0.3, -0.25) is 9.59 Å². The summed E-state index contributed by atoms with van der Waals surface area (Å²) in [6.07, 6.45) is -4.43. The Bertz CT molecular complexity index is 771. The number of halogens is 3. The van der Waals surface area contributed by atoms with E-state index in [1.165, 1.54) is 18.2 Å². The van der Waals surface area contributed by atoms with E-state index in [4.69, 9.17) is 11.5 Å². The van der Waals surface area contributed by atoms with Crippen LogP contribution in [0.5, 0.6) is 0 Å². The maximum atomic E-state index is 13.1. The number of hydrogen-bond acceptors (Lipinski definition) is 2. The zero-order valence-corrected chi connectivity index (χ0v) is 13.2. The molecule has 1 atom stereocenters. The van der Waals surface area contributed by atoms with Crippen LogP contribution in [-0.4, -0.2) is 11.8 Å². The molecule has 4 N–H and O–H groups in total. The van der Waals surface area contributed by atoms with Gasteiger partial charge in [-0.1, -0.05) is 42.5 Å². The van der Waals surface area contributed by atoms with Gasteiger partial charge in [-0.15, -0.1) is 0 Å². The van der Waals surface area contributed by atoms with E-state index in [2.05, 4.69) is 0 Å². The fourth-order valence-electron chi connectivity index (χ4n) is 2.60. The van der Waals surface area contributed by atoms with Crippen molar-refractivity contribution in [3.8, 4) is 11.1 Å². The molecule has 0 aliphatic heterocycles. The van der Waals surface area contributed by atoms with Crippen LogP contribution in [0, 0.1) is 5.92 Å². The van der Waals surface area contributed by atoms with Crippen molar-refractivity contribution in [3.63, 3.8) is 0 Å². The Morgan fingerprint density at radius 3 is 2.08 bits per heavy atom. The van der Waals surface area contributed by atoms with Gasteiger partial charge >= 0.3 is 6.18 Å². The SMILES string of the molecule is NC(=O)C[C@@H](Cc1ccc(-c2ccccc2C(F)(F)F)cc1)C(N)=O. The third kappa shape index (κ3) is 4.82. The smallest absolute Gasteiger partial charge is 0.370 e. The molecule has 0 saturated carbocycles. The van der Waals surface area contributed by atoms with Gasteiger partial charge in [0.1, 0.15) is 0 Å². The Kier molecular flexibility index (Phi) is 5.46. The van der Waals surface area contributed by atoms with Crippen LogP contribution in [0.1, 0.15) is 17.5 Å². The van der Waals surface area contributed by atoms with Gasteiger partial charge in [0, 0.05) is 6.42 Å². The molecular formula is C18H17F3N2O2. The summed E-state index contributed by atoms with van der Waals surface area (Å²) in [5, 5.41) is 0. The molecule has 0 heterocycles. The molecule has 2 rings (SSSR count). The Hall–Kier alpha value is -2.83. The van der Waals surface area contributed by atoms with E-state index in [0.29, 0.717) is 11.1 Å². The maximum Gasteiger partial charge on any atom is 0.417 e. The number of carbonyl (C=O) groups excluding carboxylic acids is 2. The molecule has 0 aliphatic carbocycles.